The van der Waals surface area contributed by atoms with Crippen molar-refractivity contribution >= 4 is 0 Å². The molecule has 0 bridgehead atoms. The lowest BCUT2D eigenvalue weighted by molar-refractivity contribution is 0.0142. The molecule has 2 rings (SSSR count). The first-order chi connectivity index (χ1) is 9.76. The van der Waals surface area contributed by atoms with Crippen LogP contribution in [0.15, 0.2) is 24.3 Å². The van der Waals surface area contributed by atoms with E-state index in [1.807, 2.05) is 0 Å². The molecule has 1 saturated heterocycles. The molecule has 1 aromatic carbocycles. The Labute approximate surface area is 122 Å². The minimum Gasteiger partial charge on any atom is -0.383 e. The van der Waals surface area contributed by atoms with Gasteiger partial charge in [-0.05, 0) is 42.7 Å². The topological polar surface area (TPSA) is 30.5 Å². The Bertz CT molecular complexity index is 400. The van der Waals surface area contributed by atoms with Crippen LogP contribution in [-0.4, -0.2) is 40.0 Å². The predicted molar refractivity (Wildman–Crippen MR) is 82.1 cm³/mol. The van der Waals surface area contributed by atoms with E-state index in [1.54, 1.807) is 7.11 Å². The predicted octanol–water partition coefficient (Wildman–Crippen LogP) is 2.57. The molecular weight excluding hydrogens is 250 g/mol. The van der Waals surface area contributed by atoms with Crippen LogP contribution in [0.1, 0.15) is 24.0 Å². The summed E-state index contributed by atoms with van der Waals surface area (Å²) in [5.74, 6) is 0. The highest BCUT2D eigenvalue weighted by molar-refractivity contribution is 5.27. The number of methoxy groups -OCH3 is 1. The summed E-state index contributed by atoms with van der Waals surface area (Å²) in [5, 5.41) is 3.56. The molecule has 112 valence electrons. The van der Waals surface area contributed by atoms with Gasteiger partial charge in [-0.1, -0.05) is 24.3 Å². The quantitative estimate of drug-likeness (QED) is 0.777. The first-order valence-electron chi connectivity index (χ1n) is 7.58. The van der Waals surface area contributed by atoms with Gasteiger partial charge in [-0.3, -0.25) is 0 Å². The van der Waals surface area contributed by atoms with Gasteiger partial charge >= 0.3 is 0 Å². The Kier molecular flexibility index (Phi) is 6.02. The van der Waals surface area contributed by atoms with E-state index >= 15 is 0 Å². The number of benzene rings is 1. The third-order valence-corrected chi connectivity index (χ3v) is 4.36. The zero-order valence-corrected chi connectivity index (χ0v) is 12.8. The summed E-state index contributed by atoms with van der Waals surface area (Å²) >= 11 is 0. The van der Waals surface area contributed by atoms with Gasteiger partial charge in [-0.15, -0.1) is 0 Å². The molecule has 0 spiro atoms. The van der Waals surface area contributed by atoms with Gasteiger partial charge in [0.25, 0.3) is 0 Å². The molecule has 0 atom stereocenters. The van der Waals surface area contributed by atoms with Crippen molar-refractivity contribution in [3.05, 3.63) is 35.4 Å². The lowest BCUT2D eigenvalue weighted by atomic mass is 9.74. The first kappa shape index (κ1) is 15.5. The van der Waals surface area contributed by atoms with Crippen molar-refractivity contribution in [2.24, 2.45) is 5.41 Å². The summed E-state index contributed by atoms with van der Waals surface area (Å²) in [5.41, 5.74) is 3.20. The minimum atomic E-state index is 0.331. The molecule has 3 nitrogen and oxygen atoms in total. The molecule has 1 aliphatic rings. The lowest BCUT2D eigenvalue weighted by Crippen LogP contribution is -2.41. The Morgan fingerprint density at radius 1 is 1.25 bits per heavy atom. The third-order valence-electron chi connectivity index (χ3n) is 4.36. The normalized spacial score (nSPS) is 18.1. The van der Waals surface area contributed by atoms with E-state index in [2.05, 4.69) is 36.5 Å². The van der Waals surface area contributed by atoms with E-state index in [0.29, 0.717) is 5.41 Å². The Balaban J connectivity index is 2.01. The van der Waals surface area contributed by atoms with Crippen LogP contribution in [0, 0.1) is 12.3 Å². The van der Waals surface area contributed by atoms with Crippen LogP contribution < -0.4 is 5.32 Å². The van der Waals surface area contributed by atoms with Gasteiger partial charge < -0.3 is 14.8 Å². The second-order valence-corrected chi connectivity index (χ2v) is 5.89. The third kappa shape index (κ3) is 4.30. The SMILES string of the molecule is COCCNCC1(Cc2ccccc2C)CCOCC1. The van der Waals surface area contributed by atoms with Gasteiger partial charge in [0.2, 0.25) is 0 Å². The second kappa shape index (κ2) is 7.77. The van der Waals surface area contributed by atoms with Crippen LogP contribution in [0.4, 0.5) is 0 Å². The molecular formula is C17H27NO2. The average Bonchev–Trinajstić information content (AvgIpc) is 2.47. The lowest BCUT2D eigenvalue weighted by Gasteiger charge is -2.38. The summed E-state index contributed by atoms with van der Waals surface area (Å²) in [6, 6.07) is 8.74. The maximum atomic E-state index is 5.57. The molecule has 1 aromatic rings. The summed E-state index contributed by atoms with van der Waals surface area (Å²) < 4.78 is 10.7. The number of ether oxygens (including phenoxy) is 2. The molecule has 3 heteroatoms. The highest BCUT2D eigenvalue weighted by Gasteiger charge is 2.32. The van der Waals surface area contributed by atoms with Gasteiger partial charge in [-0.25, -0.2) is 0 Å². The Hall–Kier alpha value is -0.900. The molecule has 0 saturated carbocycles. The van der Waals surface area contributed by atoms with Crippen LogP contribution in [0.2, 0.25) is 0 Å². The second-order valence-electron chi connectivity index (χ2n) is 5.89. The van der Waals surface area contributed by atoms with Crippen LogP contribution in [0.3, 0.4) is 0 Å². The maximum absolute atomic E-state index is 5.57. The van der Waals surface area contributed by atoms with Crippen LogP contribution >= 0.6 is 0 Å². The Morgan fingerprint density at radius 2 is 2.00 bits per heavy atom. The fourth-order valence-electron chi connectivity index (χ4n) is 2.96. The van der Waals surface area contributed by atoms with Crippen LogP contribution in [0.25, 0.3) is 0 Å². The van der Waals surface area contributed by atoms with Crippen molar-refractivity contribution in [1.29, 1.82) is 0 Å². The zero-order valence-electron chi connectivity index (χ0n) is 12.8. The van der Waals surface area contributed by atoms with Gasteiger partial charge in [0.15, 0.2) is 0 Å². The molecule has 0 unspecified atom stereocenters. The number of rotatable bonds is 7. The average molecular weight is 277 g/mol. The smallest absolute Gasteiger partial charge is 0.0587 e. The Morgan fingerprint density at radius 3 is 2.70 bits per heavy atom. The van der Waals surface area contributed by atoms with Crippen molar-refractivity contribution in [1.82, 2.24) is 5.32 Å². The summed E-state index contributed by atoms with van der Waals surface area (Å²) in [4.78, 5) is 0. The van der Waals surface area contributed by atoms with Crippen molar-refractivity contribution < 1.29 is 9.47 Å². The number of nitrogens with one attached hydrogen (secondary N) is 1. The molecule has 20 heavy (non-hydrogen) atoms. The summed E-state index contributed by atoms with van der Waals surface area (Å²) in [7, 11) is 1.75. The van der Waals surface area contributed by atoms with E-state index in [0.717, 1.165) is 52.2 Å². The molecule has 0 radical (unpaired) electrons. The van der Waals surface area contributed by atoms with E-state index < -0.39 is 0 Å². The molecule has 1 fully saturated rings. The molecule has 0 amide bonds. The zero-order chi connectivity index (χ0) is 14.3. The fourth-order valence-corrected chi connectivity index (χ4v) is 2.96. The molecule has 1 N–H and O–H groups in total. The van der Waals surface area contributed by atoms with E-state index in [4.69, 9.17) is 9.47 Å². The standard InChI is InChI=1S/C17H27NO2/c1-15-5-3-4-6-16(15)13-17(7-10-20-11-8-17)14-18-9-12-19-2/h3-6,18H,7-14H2,1-2H3. The van der Waals surface area contributed by atoms with Gasteiger partial charge in [0.1, 0.15) is 0 Å². The van der Waals surface area contributed by atoms with Crippen LogP contribution in [0.5, 0.6) is 0 Å². The highest BCUT2D eigenvalue weighted by Crippen LogP contribution is 2.34. The number of aryl methyl sites for hydroxylation is 1. The van der Waals surface area contributed by atoms with Gasteiger partial charge in [0.05, 0.1) is 6.61 Å². The van der Waals surface area contributed by atoms with E-state index in [1.165, 1.54) is 11.1 Å². The van der Waals surface area contributed by atoms with Crippen molar-refractivity contribution in [3.63, 3.8) is 0 Å². The van der Waals surface area contributed by atoms with Crippen LogP contribution in [-0.2, 0) is 15.9 Å². The molecule has 1 heterocycles. The van der Waals surface area contributed by atoms with Crippen molar-refractivity contribution in [2.45, 2.75) is 26.2 Å². The monoisotopic (exact) mass is 277 g/mol. The minimum absolute atomic E-state index is 0.331. The van der Waals surface area contributed by atoms with E-state index in [9.17, 15) is 0 Å². The molecule has 1 aliphatic heterocycles. The van der Waals surface area contributed by atoms with Crippen molar-refractivity contribution in [3.8, 4) is 0 Å². The number of hydrogen-bond acceptors (Lipinski definition) is 3. The molecule has 0 aromatic heterocycles. The maximum Gasteiger partial charge on any atom is 0.0587 e. The van der Waals surface area contributed by atoms with E-state index in [-0.39, 0.29) is 0 Å². The summed E-state index contributed by atoms with van der Waals surface area (Å²) in [6.07, 6.45) is 3.42. The first-order valence-corrected chi connectivity index (χ1v) is 7.58. The summed E-state index contributed by atoms with van der Waals surface area (Å²) in [6.45, 7) is 6.73. The molecule has 0 aliphatic carbocycles. The highest BCUT2D eigenvalue weighted by atomic mass is 16.5. The van der Waals surface area contributed by atoms with Gasteiger partial charge in [-0.2, -0.15) is 0 Å². The van der Waals surface area contributed by atoms with Crippen molar-refractivity contribution in [2.75, 3.05) is 40.0 Å². The van der Waals surface area contributed by atoms with Gasteiger partial charge in [0, 0.05) is 33.4 Å². The number of hydrogen-bond donors (Lipinski definition) is 1. The fraction of sp³-hybridized carbons (Fsp3) is 0.647. The largest absolute Gasteiger partial charge is 0.383 e.